The van der Waals surface area contributed by atoms with E-state index in [2.05, 4.69) is 15.4 Å². The molecule has 3 rings (SSSR count). The third-order valence-electron chi connectivity index (χ3n) is 3.56. The van der Waals surface area contributed by atoms with Crippen molar-refractivity contribution >= 4 is 16.0 Å². The van der Waals surface area contributed by atoms with Crippen molar-refractivity contribution in [2.75, 3.05) is 18.2 Å². The highest BCUT2D eigenvalue weighted by Crippen LogP contribution is 2.20. The number of hydrogen-bond acceptors (Lipinski definition) is 7. The summed E-state index contributed by atoms with van der Waals surface area (Å²) in [4.78, 5) is 4.26. The van der Waals surface area contributed by atoms with Crippen molar-refractivity contribution in [2.45, 2.75) is 13.5 Å². The van der Waals surface area contributed by atoms with E-state index in [0.717, 1.165) is 15.4 Å². The van der Waals surface area contributed by atoms with Gasteiger partial charge in [-0.25, -0.2) is 8.42 Å². The number of nitrogens with one attached hydrogen (secondary N) is 1. The van der Waals surface area contributed by atoms with E-state index in [1.54, 1.807) is 26.2 Å². The van der Waals surface area contributed by atoms with Crippen LogP contribution in [0.15, 0.2) is 47.1 Å². The van der Waals surface area contributed by atoms with E-state index in [1.807, 2.05) is 24.3 Å². The Balaban J connectivity index is 1.88. The minimum atomic E-state index is -3.60. The highest BCUT2D eigenvalue weighted by molar-refractivity contribution is 7.89. The third-order valence-corrected chi connectivity index (χ3v) is 5.07. The summed E-state index contributed by atoms with van der Waals surface area (Å²) < 4.78 is 35.8. The molecule has 1 N–H and O–H groups in total. The standard InChI is InChI=1S/C16H18N4O4S/c1-3-25(21,22)20-16(18-15(19-20)14-5-4-10-24-14)17-11-12-6-8-13(23-2)9-7-12/h4-10H,3,11H2,1-2H3,(H,17,18,19). The number of ether oxygens (including phenoxy) is 1. The first-order valence-corrected chi connectivity index (χ1v) is 9.25. The van der Waals surface area contributed by atoms with Gasteiger partial charge >= 0.3 is 0 Å². The number of rotatable bonds is 7. The molecule has 9 heteroatoms. The van der Waals surface area contributed by atoms with Crippen LogP contribution in [0.2, 0.25) is 0 Å². The van der Waals surface area contributed by atoms with E-state index in [9.17, 15) is 8.42 Å². The van der Waals surface area contributed by atoms with Gasteiger partial charge in [0.15, 0.2) is 5.76 Å². The molecule has 0 saturated carbocycles. The zero-order valence-electron chi connectivity index (χ0n) is 13.8. The van der Waals surface area contributed by atoms with Crippen LogP contribution < -0.4 is 10.1 Å². The summed E-state index contributed by atoms with van der Waals surface area (Å²) >= 11 is 0. The molecule has 0 aliphatic carbocycles. The maximum atomic E-state index is 12.3. The minimum absolute atomic E-state index is 0.0921. The van der Waals surface area contributed by atoms with E-state index in [0.29, 0.717) is 12.3 Å². The summed E-state index contributed by atoms with van der Waals surface area (Å²) in [6, 6.07) is 10.8. The van der Waals surface area contributed by atoms with Gasteiger partial charge in [-0.3, -0.25) is 0 Å². The summed E-state index contributed by atoms with van der Waals surface area (Å²) in [6.45, 7) is 1.94. The molecular formula is C16H18N4O4S. The normalized spacial score (nSPS) is 11.4. The molecule has 0 saturated heterocycles. The highest BCUT2D eigenvalue weighted by atomic mass is 32.2. The summed E-state index contributed by atoms with van der Waals surface area (Å²) in [5.41, 5.74) is 0.948. The average molecular weight is 362 g/mol. The molecule has 1 aromatic carbocycles. The van der Waals surface area contributed by atoms with Crippen LogP contribution in [0.3, 0.4) is 0 Å². The molecule has 0 aliphatic heterocycles. The van der Waals surface area contributed by atoms with Crippen LogP contribution >= 0.6 is 0 Å². The van der Waals surface area contributed by atoms with Gasteiger partial charge in [-0.1, -0.05) is 12.1 Å². The molecule has 0 radical (unpaired) electrons. The van der Waals surface area contributed by atoms with Gasteiger partial charge in [-0.15, -0.1) is 9.19 Å². The van der Waals surface area contributed by atoms with E-state index < -0.39 is 10.0 Å². The van der Waals surface area contributed by atoms with Crippen LogP contribution in [0, 0.1) is 0 Å². The Morgan fingerprint density at radius 1 is 1.24 bits per heavy atom. The Morgan fingerprint density at radius 3 is 2.60 bits per heavy atom. The van der Waals surface area contributed by atoms with E-state index in [-0.39, 0.29) is 17.5 Å². The van der Waals surface area contributed by atoms with Crippen molar-refractivity contribution in [3.63, 3.8) is 0 Å². The molecule has 0 bridgehead atoms. The first-order chi connectivity index (χ1) is 12.0. The van der Waals surface area contributed by atoms with Crippen LogP contribution in [-0.2, 0) is 16.6 Å². The smallest absolute Gasteiger partial charge is 0.256 e. The number of anilines is 1. The fourth-order valence-corrected chi connectivity index (χ4v) is 2.97. The number of furan rings is 1. The summed E-state index contributed by atoms with van der Waals surface area (Å²) in [5, 5.41) is 7.09. The maximum Gasteiger partial charge on any atom is 0.256 e. The molecule has 0 spiro atoms. The van der Waals surface area contributed by atoms with Crippen molar-refractivity contribution in [1.82, 2.24) is 14.2 Å². The van der Waals surface area contributed by atoms with Crippen LogP contribution in [0.25, 0.3) is 11.6 Å². The van der Waals surface area contributed by atoms with Crippen LogP contribution in [-0.4, -0.2) is 35.5 Å². The maximum absolute atomic E-state index is 12.3. The van der Waals surface area contributed by atoms with Gasteiger partial charge in [0.1, 0.15) is 5.75 Å². The topological polar surface area (TPSA) is 99.2 Å². The molecule has 0 atom stereocenters. The lowest BCUT2D eigenvalue weighted by Gasteiger charge is -2.08. The fourth-order valence-electron chi connectivity index (χ4n) is 2.16. The van der Waals surface area contributed by atoms with E-state index >= 15 is 0 Å². The summed E-state index contributed by atoms with van der Waals surface area (Å²) in [7, 11) is -2.00. The van der Waals surface area contributed by atoms with E-state index in [4.69, 9.17) is 9.15 Å². The second-order valence-electron chi connectivity index (χ2n) is 5.18. The summed E-state index contributed by atoms with van der Waals surface area (Å²) in [6.07, 6.45) is 1.48. The van der Waals surface area contributed by atoms with E-state index in [1.165, 1.54) is 6.26 Å². The van der Waals surface area contributed by atoms with Crippen molar-refractivity contribution in [3.8, 4) is 17.3 Å². The second kappa shape index (κ2) is 6.98. The molecule has 0 unspecified atom stereocenters. The lowest BCUT2D eigenvalue weighted by molar-refractivity contribution is 0.414. The first-order valence-electron chi connectivity index (χ1n) is 7.64. The van der Waals surface area contributed by atoms with Crippen molar-refractivity contribution < 1.29 is 17.6 Å². The molecule has 0 fully saturated rings. The van der Waals surface area contributed by atoms with Gasteiger partial charge in [0, 0.05) is 6.54 Å². The van der Waals surface area contributed by atoms with Gasteiger partial charge < -0.3 is 14.5 Å². The number of methoxy groups -OCH3 is 1. The summed E-state index contributed by atoms with van der Waals surface area (Å²) in [5.74, 6) is 1.41. The van der Waals surface area contributed by atoms with Gasteiger partial charge in [0.25, 0.3) is 10.0 Å². The fraction of sp³-hybridized carbons (Fsp3) is 0.250. The molecule has 0 amide bonds. The predicted octanol–water partition coefficient (Wildman–Crippen LogP) is 2.36. The Bertz CT molecular complexity index is 931. The SMILES string of the molecule is CCS(=O)(=O)n1nc(-c2ccco2)nc1NCc1ccc(OC)cc1. The van der Waals surface area contributed by atoms with Crippen molar-refractivity contribution in [2.24, 2.45) is 0 Å². The highest BCUT2D eigenvalue weighted by Gasteiger charge is 2.21. The van der Waals surface area contributed by atoms with Crippen molar-refractivity contribution in [3.05, 3.63) is 48.2 Å². The predicted molar refractivity (Wildman–Crippen MR) is 92.9 cm³/mol. The van der Waals surface area contributed by atoms with Crippen molar-refractivity contribution in [1.29, 1.82) is 0 Å². The number of benzene rings is 1. The largest absolute Gasteiger partial charge is 0.497 e. The van der Waals surface area contributed by atoms with Crippen LogP contribution in [0.5, 0.6) is 5.75 Å². The monoisotopic (exact) mass is 362 g/mol. The molecule has 132 valence electrons. The molecule has 3 aromatic rings. The number of aromatic nitrogens is 3. The lowest BCUT2D eigenvalue weighted by Crippen LogP contribution is -2.19. The number of hydrogen-bond donors (Lipinski definition) is 1. The second-order valence-corrected chi connectivity index (χ2v) is 7.27. The van der Waals surface area contributed by atoms with Gasteiger partial charge in [-0.2, -0.15) is 4.98 Å². The molecule has 0 aliphatic rings. The third kappa shape index (κ3) is 3.66. The zero-order chi connectivity index (χ0) is 17.9. The lowest BCUT2D eigenvalue weighted by atomic mass is 10.2. The molecular weight excluding hydrogens is 344 g/mol. The first kappa shape index (κ1) is 17.0. The Labute approximate surface area is 145 Å². The van der Waals surface area contributed by atoms with Crippen LogP contribution in [0.1, 0.15) is 12.5 Å². The Morgan fingerprint density at radius 2 is 2.00 bits per heavy atom. The average Bonchev–Trinajstić information content (AvgIpc) is 3.30. The van der Waals surface area contributed by atoms with Gasteiger partial charge in [0.2, 0.25) is 11.8 Å². The molecule has 8 nitrogen and oxygen atoms in total. The zero-order valence-corrected chi connectivity index (χ0v) is 14.7. The molecule has 2 heterocycles. The quantitative estimate of drug-likeness (QED) is 0.689. The van der Waals surface area contributed by atoms with Gasteiger partial charge in [0.05, 0.1) is 19.1 Å². The molecule has 25 heavy (non-hydrogen) atoms. The Hall–Kier alpha value is -2.81. The molecule has 2 aromatic heterocycles. The minimum Gasteiger partial charge on any atom is -0.497 e. The number of nitrogens with zero attached hydrogens (tertiary/aromatic N) is 3. The Kier molecular flexibility index (Phi) is 4.75. The van der Waals surface area contributed by atoms with Gasteiger partial charge in [-0.05, 0) is 36.8 Å². The van der Waals surface area contributed by atoms with Crippen LogP contribution in [0.4, 0.5) is 5.95 Å².